The van der Waals surface area contributed by atoms with Crippen molar-refractivity contribution in [3.63, 3.8) is 0 Å². The molecule has 19 heteroatoms. The maximum atomic E-state index is 13.3. The summed E-state index contributed by atoms with van der Waals surface area (Å²) in [6, 6.07) is 0. The zero-order valence-electron chi connectivity index (χ0n) is 12.8. The molecule has 0 heterocycles. The van der Waals surface area contributed by atoms with E-state index in [0.717, 1.165) is 0 Å². The van der Waals surface area contributed by atoms with Crippen LogP contribution >= 0.6 is 0 Å². The van der Waals surface area contributed by atoms with E-state index in [9.17, 15) is 74.3 Å². The average molecular weight is 490 g/mol. The summed E-state index contributed by atoms with van der Waals surface area (Å²) in [7, 11) is -7.35. The molecule has 29 heavy (non-hydrogen) atoms. The highest BCUT2D eigenvalue weighted by Crippen LogP contribution is 2.62. The topological polar surface area (TPSA) is 43.4 Å². The van der Waals surface area contributed by atoms with Crippen LogP contribution in [0.1, 0.15) is 0 Å². The van der Waals surface area contributed by atoms with Crippen molar-refractivity contribution < 1.29 is 78.5 Å². The smallest absolute Gasteiger partial charge is 0.261 e. The van der Waals surface area contributed by atoms with E-state index in [0.29, 0.717) is 0 Å². The molecule has 3 nitrogen and oxygen atoms in total. The summed E-state index contributed by atoms with van der Waals surface area (Å²) in [6.45, 7) is 0.931. The molecule has 0 rings (SSSR count). The molecule has 0 aliphatic rings. The van der Waals surface area contributed by atoms with Crippen molar-refractivity contribution in [2.45, 2.75) is 41.0 Å². The quantitative estimate of drug-likeness (QED) is 0.264. The molecule has 0 fully saturated rings. The number of hydrogen-bond donors (Lipinski definition) is 0. The van der Waals surface area contributed by atoms with Gasteiger partial charge in [-0.15, -0.1) is 6.58 Å². The van der Waals surface area contributed by atoms with Crippen molar-refractivity contribution >= 4 is 10.1 Å². The minimum Gasteiger partial charge on any atom is -0.261 e. The molecule has 0 spiro atoms. The fourth-order valence-corrected chi connectivity index (χ4v) is 2.19. The third-order valence-corrected chi connectivity index (χ3v) is 4.28. The molecule has 0 saturated carbocycles. The molecule has 0 bridgehead atoms. The lowest BCUT2D eigenvalue weighted by Gasteiger charge is -2.40. The molecule has 174 valence electrons. The SMILES string of the molecule is C=CCOS(=O)(=O)C(F)(F)C(F)(F)C(F)(F)C(F)(F)C(F)(F)C(F)(F)C(F)(F)F. The first kappa shape index (κ1) is 27.6. The Kier molecular flexibility index (Phi) is 6.74. The molecule has 0 saturated heterocycles. The van der Waals surface area contributed by atoms with Crippen molar-refractivity contribution in [2.75, 3.05) is 6.61 Å². The van der Waals surface area contributed by atoms with E-state index < -0.39 is 57.8 Å². The minimum atomic E-state index is -8.57. The Morgan fingerprint density at radius 2 is 0.931 bits per heavy atom. The monoisotopic (exact) mass is 490 g/mol. The first-order valence-electron chi connectivity index (χ1n) is 6.14. The average Bonchev–Trinajstić information content (AvgIpc) is 2.50. The molecule has 0 aromatic rings. The fourth-order valence-electron chi connectivity index (χ4n) is 1.32. The van der Waals surface area contributed by atoms with Crippen LogP contribution in [0.3, 0.4) is 0 Å². The van der Waals surface area contributed by atoms with Crippen LogP contribution in [-0.2, 0) is 14.3 Å². The predicted octanol–water partition coefficient (Wildman–Crippen LogP) is 4.85. The summed E-state index contributed by atoms with van der Waals surface area (Å²) in [5.41, 5.74) is 0. The number of hydrogen-bond acceptors (Lipinski definition) is 3. The summed E-state index contributed by atoms with van der Waals surface area (Å²) >= 11 is 0. The first-order chi connectivity index (χ1) is 12.3. The van der Waals surface area contributed by atoms with E-state index >= 15 is 0 Å². The largest absolute Gasteiger partial charge is 0.460 e. The second kappa shape index (κ2) is 7.09. The maximum absolute atomic E-state index is 13.3. The van der Waals surface area contributed by atoms with Crippen molar-refractivity contribution in [2.24, 2.45) is 0 Å². The van der Waals surface area contributed by atoms with E-state index in [2.05, 4.69) is 10.8 Å². The number of rotatable bonds is 9. The minimum absolute atomic E-state index is 0.219. The molecule has 0 atom stereocenters. The van der Waals surface area contributed by atoms with Crippen LogP contribution < -0.4 is 0 Å². The fraction of sp³-hybridized carbons (Fsp3) is 0.800. The Hall–Kier alpha value is -1.40. The van der Waals surface area contributed by atoms with Gasteiger partial charge in [0.25, 0.3) is 0 Å². The lowest BCUT2D eigenvalue weighted by atomic mass is 9.94. The van der Waals surface area contributed by atoms with Gasteiger partial charge in [0.05, 0.1) is 6.61 Å². The Balaban J connectivity index is 6.69. The summed E-state index contributed by atoms with van der Waals surface area (Å²) < 4.78 is 217. The van der Waals surface area contributed by atoms with Crippen molar-refractivity contribution in [3.8, 4) is 0 Å². The maximum Gasteiger partial charge on any atom is 0.460 e. The molecular weight excluding hydrogens is 485 g/mol. The van der Waals surface area contributed by atoms with Crippen LogP contribution in [0.5, 0.6) is 0 Å². The van der Waals surface area contributed by atoms with Gasteiger partial charge in [0.2, 0.25) is 0 Å². The third-order valence-electron chi connectivity index (χ3n) is 2.95. The predicted molar refractivity (Wildman–Crippen MR) is 60.8 cm³/mol. The molecule has 0 amide bonds. The zero-order chi connectivity index (χ0) is 24.1. The van der Waals surface area contributed by atoms with Gasteiger partial charge in [0.15, 0.2) is 0 Å². The van der Waals surface area contributed by atoms with E-state index in [1.165, 1.54) is 0 Å². The van der Waals surface area contributed by atoms with Gasteiger partial charge < -0.3 is 0 Å². The Morgan fingerprint density at radius 1 is 0.621 bits per heavy atom. The van der Waals surface area contributed by atoms with E-state index in [1.807, 2.05) is 0 Å². The molecular formula is C10H5F15O3S. The van der Waals surface area contributed by atoms with E-state index in [-0.39, 0.29) is 6.08 Å². The molecule has 0 unspecified atom stereocenters. The molecule has 0 aliphatic heterocycles. The highest BCUT2D eigenvalue weighted by molar-refractivity contribution is 7.87. The van der Waals surface area contributed by atoms with Gasteiger partial charge >= 0.3 is 51.2 Å². The lowest BCUT2D eigenvalue weighted by Crippen LogP contribution is -2.73. The third kappa shape index (κ3) is 3.63. The van der Waals surface area contributed by atoms with Crippen LogP contribution in [0.25, 0.3) is 0 Å². The van der Waals surface area contributed by atoms with Crippen molar-refractivity contribution in [1.29, 1.82) is 0 Å². The van der Waals surface area contributed by atoms with Gasteiger partial charge in [-0.05, 0) is 0 Å². The first-order valence-corrected chi connectivity index (χ1v) is 7.55. The van der Waals surface area contributed by atoms with Gasteiger partial charge in [-0.3, -0.25) is 4.18 Å². The normalized spacial score (nSPS) is 16.1. The highest BCUT2D eigenvalue weighted by atomic mass is 32.2. The number of halogens is 15. The summed E-state index contributed by atoms with van der Waals surface area (Å²) in [4.78, 5) is 0. The van der Waals surface area contributed by atoms with Gasteiger partial charge in [0.1, 0.15) is 0 Å². The van der Waals surface area contributed by atoms with Crippen LogP contribution in [0.4, 0.5) is 65.9 Å². The van der Waals surface area contributed by atoms with E-state index in [1.54, 1.807) is 0 Å². The zero-order valence-corrected chi connectivity index (χ0v) is 13.6. The molecule has 0 aliphatic carbocycles. The summed E-state index contributed by atoms with van der Waals surface area (Å²) in [5.74, 6) is -41.8. The summed E-state index contributed by atoms with van der Waals surface area (Å²) in [6.07, 6.45) is -7.52. The van der Waals surface area contributed by atoms with Crippen molar-refractivity contribution in [1.82, 2.24) is 0 Å². The number of alkyl halides is 15. The van der Waals surface area contributed by atoms with Crippen LogP contribution in [0, 0.1) is 0 Å². The second-order valence-electron chi connectivity index (χ2n) is 4.91. The summed E-state index contributed by atoms with van der Waals surface area (Å²) in [5, 5.41) is -7.51. The van der Waals surface area contributed by atoms with Gasteiger partial charge in [-0.25, -0.2) is 0 Å². The van der Waals surface area contributed by atoms with Gasteiger partial charge in [-0.1, -0.05) is 6.08 Å². The van der Waals surface area contributed by atoms with E-state index in [4.69, 9.17) is 0 Å². The molecule has 0 N–H and O–H groups in total. The lowest BCUT2D eigenvalue weighted by molar-refractivity contribution is -0.448. The Morgan fingerprint density at radius 3 is 1.24 bits per heavy atom. The highest BCUT2D eigenvalue weighted by Gasteiger charge is 2.94. The Labute approximate surface area is 150 Å². The Bertz CT molecular complexity index is 721. The van der Waals surface area contributed by atoms with Gasteiger partial charge in [-0.2, -0.15) is 74.3 Å². The second-order valence-corrected chi connectivity index (χ2v) is 6.57. The van der Waals surface area contributed by atoms with Crippen molar-refractivity contribution in [3.05, 3.63) is 12.7 Å². The van der Waals surface area contributed by atoms with Crippen LogP contribution in [0.2, 0.25) is 0 Å². The van der Waals surface area contributed by atoms with Gasteiger partial charge in [0, 0.05) is 0 Å². The molecule has 0 aromatic carbocycles. The molecule has 0 aromatic heterocycles. The van der Waals surface area contributed by atoms with Crippen LogP contribution in [-0.4, -0.2) is 56.1 Å². The standard InChI is InChI=1S/C10H5F15O3S/c1-2-3-28-29(26,27)10(24,25)8(19,20)6(15,16)4(11,12)5(13,14)7(17,18)9(21,22)23/h2H,1,3H2. The molecule has 0 radical (unpaired) electrons. The van der Waals surface area contributed by atoms with Crippen LogP contribution in [0.15, 0.2) is 12.7 Å².